The fourth-order valence-electron chi connectivity index (χ4n) is 2.03. The Kier molecular flexibility index (Phi) is 3.58. The number of allylic oxidation sites excluding steroid dienone is 2. The number of rotatable bonds is 4. The van der Waals surface area contributed by atoms with Gasteiger partial charge in [0.2, 0.25) is 0 Å². The molecule has 0 saturated heterocycles. The molecule has 1 fully saturated rings. The van der Waals surface area contributed by atoms with Crippen LogP contribution in [0.25, 0.3) is 0 Å². The van der Waals surface area contributed by atoms with E-state index in [1.807, 2.05) is 13.0 Å². The van der Waals surface area contributed by atoms with Gasteiger partial charge in [-0.1, -0.05) is 39.8 Å². The van der Waals surface area contributed by atoms with E-state index in [9.17, 15) is 4.79 Å². The van der Waals surface area contributed by atoms with Crippen LogP contribution in [-0.2, 0) is 9.53 Å². The first-order valence-corrected chi connectivity index (χ1v) is 5.70. The molecule has 2 nitrogen and oxygen atoms in total. The summed E-state index contributed by atoms with van der Waals surface area (Å²) in [6.07, 6.45) is 4.13. The second kappa shape index (κ2) is 4.38. The molecule has 2 atom stereocenters. The van der Waals surface area contributed by atoms with Crippen LogP contribution in [0.5, 0.6) is 0 Å². The van der Waals surface area contributed by atoms with Crippen LogP contribution in [-0.4, -0.2) is 12.6 Å². The minimum atomic E-state index is -0.0307. The fraction of sp³-hybridized carbons (Fsp3) is 0.769. The van der Waals surface area contributed by atoms with Crippen LogP contribution in [0, 0.1) is 23.2 Å². The average molecular weight is 210 g/mol. The van der Waals surface area contributed by atoms with Gasteiger partial charge in [0.25, 0.3) is 0 Å². The van der Waals surface area contributed by atoms with Crippen LogP contribution in [0.1, 0.15) is 34.6 Å². The summed E-state index contributed by atoms with van der Waals surface area (Å²) in [5, 5.41) is 0. The highest BCUT2D eigenvalue weighted by Crippen LogP contribution is 2.59. The summed E-state index contributed by atoms with van der Waals surface area (Å²) in [7, 11) is 0. The van der Waals surface area contributed by atoms with Gasteiger partial charge in [0.1, 0.15) is 0 Å². The number of esters is 1. The summed E-state index contributed by atoms with van der Waals surface area (Å²) in [6.45, 7) is 10.9. The van der Waals surface area contributed by atoms with Crippen LogP contribution >= 0.6 is 0 Å². The van der Waals surface area contributed by atoms with Gasteiger partial charge in [0, 0.05) is 0 Å². The van der Waals surface area contributed by atoms with Crippen molar-refractivity contribution in [3.8, 4) is 0 Å². The first-order valence-electron chi connectivity index (χ1n) is 5.70. The maximum Gasteiger partial charge on any atom is 0.310 e. The Morgan fingerprint density at radius 1 is 1.47 bits per heavy atom. The Bertz CT molecular complexity index is 264. The van der Waals surface area contributed by atoms with Crippen molar-refractivity contribution in [2.45, 2.75) is 34.6 Å². The van der Waals surface area contributed by atoms with Crippen LogP contribution in [0.2, 0.25) is 0 Å². The van der Waals surface area contributed by atoms with Crippen molar-refractivity contribution in [3.63, 3.8) is 0 Å². The van der Waals surface area contributed by atoms with Crippen molar-refractivity contribution >= 4 is 5.97 Å². The molecule has 0 aromatic rings. The summed E-state index contributed by atoms with van der Waals surface area (Å²) in [5.41, 5.74) is 0.0839. The van der Waals surface area contributed by atoms with E-state index in [1.54, 1.807) is 0 Å². The van der Waals surface area contributed by atoms with Gasteiger partial charge >= 0.3 is 5.97 Å². The van der Waals surface area contributed by atoms with Crippen LogP contribution in [0.3, 0.4) is 0 Å². The van der Waals surface area contributed by atoms with Gasteiger partial charge in [-0.05, 0) is 24.2 Å². The molecule has 1 rings (SSSR count). The standard InChI is InChI=1S/C13H22O2/c1-6-7-10-11(13(10,4)5)12(14)15-8-9(2)3/h6-7,9-11H,8H2,1-5H3/b7-6-. The normalized spacial score (nSPS) is 28.4. The first kappa shape index (κ1) is 12.3. The molecule has 0 spiro atoms. The zero-order valence-electron chi connectivity index (χ0n) is 10.4. The van der Waals surface area contributed by atoms with Crippen molar-refractivity contribution in [1.29, 1.82) is 0 Å². The van der Waals surface area contributed by atoms with Gasteiger partial charge in [-0.3, -0.25) is 4.79 Å². The second-order valence-electron chi connectivity index (χ2n) is 5.37. The summed E-state index contributed by atoms with van der Waals surface area (Å²) < 4.78 is 5.27. The Morgan fingerprint density at radius 3 is 2.53 bits per heavy atom. The van der Waals surface area contributed by atoms with Gasteiger partial charge < -0.3 is 4.74 Å². The largest absolute Gasteiger partial charge is 0.465 e. The molecule has 0 bridgehead atoms. The van der Waals surface area contributed by atoms with E-state index in [-0.39, 0.29) is 17.3 Å². The van der Waals surface area contributed by atoms with Crippen LogP contribution < -0.4 is 0 Å². The molecular formula is C13H22O2. The number of carbonyl (C=O) groups is 1. The quantitative estimate of drug-likeness (QED) is 0.526. The number of ether oxygens (including phenoxy) is 1. The summed E-state index contributed by atoms with van der Waals surface area (Å²) >= 11 is 0. The van der Waals surface area contributed by atoms with Gasteiger partial charge in [-0.2, -0.15) is 0 Å². The third-order valence-corrected chi connectivity index (χ3v) is 3.12. The third-order valence-electron chi connectivity index (χ3n) is 3.12. The maximum atomic E-state index is 11.8. The maximum absolute atomic E-state index is 11.8. The molecular weight excluding hydrogens is 188 g/mol. The van der Waals surface area contributed by atoms with Crippen LogP contribution in [0.4, 0.5) is 0 Å². The van der Waals surface area contributed by atoms with Crippen molar-refractivity contribution in [3.05, 3.63) is 12.2 Å². The molecule has 0 aromatic heterocycles. The highest BCUT2D eigenvalue weighted by molar-refractivity contribution is 5.78. The van der Waals surface area contributed by atoms with Crippen molar-refractivity contribution < 1.29 is 9.53 Å². The van der Waals surface area contributed by atoms with E-state index < -0.39 is 0 Å². The number of hydrogen-bond acceptors (Lipinski definition) is 2. The SMILES string of the molecule is C/C=C\C1C(C(=O)OCC(C)C)C1(C)C. The van der Waals surface area contributed by atoms with Crippen molar-refractivity contribution in [2.24, 2.45) is 23.2 Å². The van der Waals surface area contributed by atoms with E-state index >= 15 is 0 Å². The molecule has 0 amide bonds. The molecule has 0 heterocycles. The Balaban J connectivity index is 2.49. The molecule has 2 heteroatoms. The Hall–Kier alpha value is -0.790. The zero-order valence-corrected chi connectivity index (χ0v) is 10.4. The lowest BCUT2D eigenvalue weighted by Gasteiger charge is -2.07. The first-order chi connectivity index (χ1) is 6.91. The molecule has 0 N–H and O–H groups in total. The van der Waals surface area contributed by atoms with Crippen LogP contribution in [0.15, 0.2) is 12.2 Å². The molecule has 1 saturated carbocycles. The lowest BCUT2D eigenvalue weighted by atomic mass is 10.1. The fourth-order valence-corrected chi connectivity index (χ4v) is 2.03. The van der Waals surface area contributed by atoms with Crippen molar-refractivity contribution in [2.75, 3.05) is 6.61 Å². The molecule has 1 aliphatic rings. The Labute approximate surface area is 92.7 Å². The van der Waals surface area contributed by atoms with E-state index in [2.05, 4.69) is 33.8 Å². The molecule has 0 aliphatic heterocycles. The summed E-state index contributed by atoms with van der Waals surface area (Å²) in [4.78, 5) is 11.8. The zero-order chi connectivity index (χ0) is 11.6. The molecule has 0 radical (unpaired) electrons. The smallest absolute Gasteiger partial charge is 0.310 e. The average Bonchev–Trinajstić information content (AvgIpc) is 2.65. The van der Waals surface area contributed by atoms with E-state index in [0.29, 0.717) is 18.4 Å². The molecule has 86 valence electrons. The van der Waals surface area contributed by atoms with Gasteiger partial charge in [0.05, 0.1) is 12.5 Å². The molecule has 15 heavy (non-hydrogen) atoms. The van der Waals surface area contributed by atoms with Crippen molar-refractivity contribution in [1.82, 2.24) is 0 Å². The molecule has 0 aromatic carbocycles. The highest BCUT2D eigenvalue weighted by atomic mass is 16.5. The monoisotopic (exact) mass is 210 g/mol. The van der Waals surface area contributed by atoms with Gasteiger partial charge in [-0.15, -0.1) is 0 Å². The van der Waals surface area contributed by atoms with Gasteiger partial charge in [0.15, 0.2) is 0 Å². The minimum Gasteiger partial charge on any atom is -0.465 e. The topological polar surface area (TPSA) is 26.3 Å². The summed E-state index contributed by atoms with van der Waals surface area (Å²) in [6, 6.07) is 0. The highest BCUT2D eigenvalue weighted by Gasteiger charge is 2.61. The minimum absolute atomic E-state index is 0.0307. The molecule has 1 aliphatic carbocycles. The number of hydrogen-bond donors (Lipinski definition) is 0. The third kappa shape index (κ3) is 2.61. The van der Waals surface area contributed by atoms with E-state index in [4.69, 9.17) is 4.74 Å². The lowest BCUT2D eigenvalue weighted by molar-refractivity contribution is -0.147. The number of carbonyl (C=O) groups excluding carboxylic acids is 1. The predicted molar refractivity (Wildman–Crippen MR) is 61.4 cm³/mol. The lowest BCUT2D eigenvalue weighted by Crippen LogP contribution is -2.14. The second-order valence-corrected chi connectivity index (χ2v) is 5.37. The van der Waals surface area contributed by atoms with E-state index in [0.717, 1.165) is 0 Å². The summed E-state index contributed by atoms with van der Waals surface area (Å²) in [5.74, 6) is 0.808. The predicted octanol–water partition coefficient (Wildman–Crippen LogP) is 3.03. The molecule has 2 unspecified atom stereocenters. The Morgan fingerprint density at radius 2 is 2.07 bits per heavy atom. The van der Waals surface area contributed by atoms with E-state index in [1.165, 1.54) is 0 Å². The van der Waals surface area contributed by atoms with Gasteiger partial charge in [-0.25, -0.2) is 0 Å².